The minimum Gasteiger partial charge on any atom is -0.335 e. The Balaban J connectivity index is 2.21. The first-order chi connectivity index (χ1) is 8.29. The third kappa shape index (κ3) is 3.04. The summed E-state index contributed by atoms with van der Waals surface area (Å²) in [5.41, 5.74) is 1.96. The molecule has 17 heavy (non-hydrogen) atoms. The molecule has 0 atom stereocenters. The number of benzene rings is 1. The molecule has 0 fully saturated rings. The van der Waals surface area contributed by atoms with Gasteiger partial charge in [-0.25, -0.2) is 4.98 Å². The highest BCUT2D eigenvalue weighted by Gasteiger charge is 2.04. The van der Waals surface area contributed by atoms with E-state index in [0.717, 1.165) is 22.1 Å². The number of halogens is 1. The maximum Gasteiger partial charge on any atom is 0.190 e. The number of hydrogen-bond donors (Lipinski definition) is 1. The van der Waals surface area contributed by atoms with Gasteiger partial charge in [0.2, 0.25) is 0 Å². The van der Waals surface area contributed by atoms with Gasteiger partial charge < -0.3 is 5.32 Å². The van der Waals surface area contributed by atoms with E-state index < -0.39 is 0 Å². The summed E-state index contributed by atoms with van der Waals surface area (Å²) in [4.78, 5) is 7.24. The number of rotatable bonds is 2. The second-order valence-electron chi connectivity index (χ2n) is 3.50. The van der Waals surface area contributed by atoms with Gasteiger partial charge >= 0.3 is 0 Å². The number of nitrogens with one attached hydrogen (secondary N) is 2. The van der Waals surface area contributed by atoms with Crippen LogP contribution in [0.15, 0.2) is 53.8 Å². The highest BCUT2D eigenvalue weighted by Crippen LogP contribution is 2.12. The van der Waals surface area contributed by atoms with Crippen molar-refractivity contribution in [3.63, 3.8) is 0 Å². The Hall–Kier alpha value is -1.87. The Labute approximate surface area is 105 Å². The summed E-state index contributed by atoms with van der Waals surface area (Å²) in [5, 5.41) is 3.96. The summed E-state index contributed by atoms with van der Waals surface area (Å²) in [6, 6.07) is 11.5. The number of pyridine rings is 1. The van der Waals surface area contributed by atoms with Gasteiger partial charge in [0.05, 0.1) is 0 Å². The van der Waals surface area contributed by atoms with E-state index in [0.29, 0.717) is 0 Å². The molecule has 1 aromatic carbocycles. The van der Waals surface area contributed by atoms with E-state index in [2.05, 4.69) is 15.3 Å². The second-order valence-corrected chi connectivity index (χ2v) is 3.93. The lowest BCUT2D eigenvalue weighted by atomic mass is 10.2. The van der Waals surface area contributed by atoms with Crippen molar-refractivity contribution in [1.82, 2.24) is 0 Å². The highest BCUT2D eigenvalue weighted by atomic mass is 35.5. The van der Waals surface area contributed by atoms with Crippen molar-refractivity contribution in [2.24, 2.45) is 4.99 Å². The molecule has 0 aliphatic heterocycles. The van der Waals surface area contributed by atoms with Gasteiger partial charge in [-0.15, -0.1) is 0 Å². The van der Waals surface area contributed by atoms with Gasteiger partial charge in [0.1, 0.15) is 11.5 Å². The largest absolute Gasteiger partial charge is 0.335 e. The zero-order chi connectivity index (χ0) is 12.1. The van der Waals surface area contributed by atoms with E-state index in [1.165, 1.54) is 0 Å². The lowest BCUT2D eigenvalue weighted by Gasteiger charge is -2.07. The quantitative estimate of drug-likeness (QED) is 0.642. The maximum absolute atomic E-state index is 5.85. The third-order valence-electron chi connectivity index (χ3n) is 2.31. The average molecular weight is 247 g/mol. The molecule has 86 valence electrons. The molecule has 0 bridgehead atoms. The summed E-state index contributed by atoms with van der Waals surface area (Å²) >= 11 is 5.85. The van der Waals surface area contributed by atoms with Crippen molar-refractivity contribution in [3.05, 3.63) is 59.4 Å². The van der Waals surface area contributed by atoms with Gasteiger partial charge in [-0.05, 0) is 30.3 Å². The molecule has 2 N–H and O–H groups in total. The van der Waals surface area contributed by atoms with Crippen LogP contribution in [0.2, 0.25) is 5.02 Å². The zero-order valence-electron chi connectivity index (χ0n) is 9.44. The smallest absolute Gasteiger partial charge is 0.190 e. The minimum absolute atomic E-state index is 0.720. The number of aliphatic imine (C=N–C) groups is 1. The predicted molar refractivity (Wildman–Crippen MR) is 70.5 cm³/mol. The van der Waals surface area contributed by atoms with Crippen molar-refractivity contribution >= 4 is 23.1 Å². The topological polar surface area (TPSA) is 38.5 Å². The minimum atomic E-state index is 0.720. The number of aromatic nitrogens is 1. The molecule has 0 saturated carbocycles. The molecule has 2 aromatic rings. The van der Waals surface area contributed by atoms with E-state index >= 15 is 0 Å². The second kappa shape index (κ2) is 5.46. The van der Waals surface area contributed by atoms with Crippen LogP contribution in [0.3, 0.4) is 0 Å². The van der Waals surface area contributed by atoms with Crippen LogP contribution in [0, 0.1) is 0 Å². The predicted octanol–water partition coefficient (Wildman–Crippen LogP) is 2.64. The Morgan fingerprint density at radius 3 is 2.59 bits per heavy atom. The van der Waals surface area contributed by atoms with Crippen LogP contribution >= 0.6 is 11.6 Å². The number of nitrogens with zero attached hydrogens (tertiary/aromatic N) is 1. The molecule has 2 rings (SSSR count). The van der Waals surface area contributed by atoms with Crippen molar-refractivity contribution in [1.29, 1.82) is 0 Å². The van der Waals surface area contributed by atoms with Gasteiger partial charge in [-0.1, -0.05) is 11.6 Å². The van der Waals surface area contributed by atoms with Crippen LogP contribution in [-0.2, 0) is 0 Å². The summed E-state index contributed by atoms with van der Waals surface area (Å²) in [5.74, 6) is 0.807. The van der Waals surface area contributed by atoms with Crippen LogP contribution in [0.5, 0.6) is 0 Å². The fourth-order valence-electron chi connectivity index (χ4n) is 1.47. The number of aromatic amines is 1. The molecule has 0 amide bonds. The van der Waals surface area contributed by atoms with Crippen molar-refractivity contribution in [2.45, 2.75) is 0 Å². The molecule has 3 nitrogen and oxygen atoms in total. The number of anilines is 1. The molecule has 0 aliphatic carbocycles. The summed E-state index contributed by atoms with van der Waals surface area (Å²) in [7, 11) is 1.75. The Morgan fingerprint density at radius 1 is 1.24 bits per heavy atom. The first-order valence-electron chi connectivity index (χ1n) is 5.25. The molecule has 1 heterocycles. The number of amidine groups is 1. The Kier molecular flexibility index (Phi) is 3.73. The van der Waals surface area contributed by atoms with Gasteiger partial charge in [0.25, 0.3) is 0 Å². The molecule has 0 radical (unpaired) electrons. The van der Waals surface area contributed by atoms with E-state index in [-0.39, 0.29) is 0 Å². The Bertz CT molecular complexity index is 506. The summed E-state index contributed by atoms with van der Waals surface area (Å²) in [6.07, 6.45) is 3.73. The Morgan fingerprint density at radius 2 is 2.00 bits per heavy atom. The highest BCUT2D eigenvalue weighted by molar-refractivity contribution is 6.30. The van der Waals surface area contributed by atoms with Gasteiger partial charge in [0, 0.05) is 23.7 Å². The summed E-state index contributed by atoms with van der Waals surface area (Å²) < 4.78 is 0. The number of H-pyrrole nitrogens is 1. The lowest BCUT2D eigenvalue weighted by molar-refractivity contribution is -0.377. The van der Waals surface area contributed by atoms with Crippen LogP contribution in [0.25, 0.3) is 0 Å². The van der Waals surface area contributed by atoms with E-state index in [1.54, 1.807) is 7.05 Å². The third-order valence-corrected chi connectivity index (χ3v) is 2.56. The fourth-order valence-corrected chi connectivity index (χ4v) is 1.60. The van der Waals surface area contributed by atoms with Crippen molar-refractivity contribution in [2.75, 3.05) is 12.4 Å². The molecular formula is C13H13ClN3+. The summed E-state index contributed by atoms with van der Waals surface area (Å²) in [6.45, 7) is 0. The fraction of sp³-hybridized carbons (Fsp3) is 0.0769. The van der Waals surface area contributed by atoms with E-state index in [9.17, 15) is 0 Å². The van der Waals surface area contributed by atoms with E-state index in [4.69, 9.17) is 11.6 Å². The standard InChI is InChI=1S/C13H12ClN3/c1-15-13(10-4-6-11(14)7-5-10)17-12-3-2-8-16-9-12/h2-9H,1H3,(H,15,17)/p+1. The van der Waals surface area contributed by atoms with Gasteiger partial charge in [-0.3, -0.25) is 4.99 Å². The van der Waals surface area contributed by atoms with Crippen molar-refractivity contribution < 1.29 is 4.98 Å². The van der Waals surface area contributed by atoms with Gasteiger partial charge in [-0.2, -0.15) is 0 Å². The average Bonchev–Trinajstić information content (AvgIpc) is 2.38. The molecule has 4 heteroatoms. The molecule has 0 aliphatic rings. The molecule has 0 unspecified atom stereocenters. The first-order valence-corrected chi connectivity index (χ1v) is 5.63. The maximum atomic E-state index is 5.85. The van der Waals surface area contributed by atoms with Crippen LogP contribution < -0.4 is 10.3 Å². The van der Waals surface area contributed by atoms with Gasteiger partial charge in [0.15, 0.2) is 12.4 Å². The lowest BCUT2D eigenvalue weighted by Crippen LogP contribution is -2.15. The molecular weight excluding hydrogens is 234 g/mol. The van der Waals surface area contributed by atoms with E-state index in [1.807, 2.05) is 48.8 Å². The normalized spacial score (nSPS) is 11.3. The van der Waals surface area contributed by atoms with Crippen LogP contribution in [-0.4, -0.2) is 12.9 Å². The SMILES string of the molecule is CN=C(Nc1ccc[nH+]c1)c1ccc(Cl)cc1. The molecule has 0 saturated heterocycles. The first kappa shape index (κ1) is 11.6. The molecule has 0 spiro atoms. The molecule has 1 aromatic heterocycles. The van der Waals surface area contributed by atoms with Crippen molar-refractivity contribution in [3.8, 4) is 0 Å². The van der Waals surface area contributed by atoms with Crippen LogP contribution in [0.1, 0.15) is 5.56 Å². The monoisotopic (exact) mass is 246 g/mol. The zero-order valence-corrected chi connectivity index (χ0v) is 10.2. The number of hydrogen-bond acceptors (Lipinski definition) is 1. The van der Waals surface area contributed by atoms with Crippen LogP contribution in [0.4, 0.5) is 5.69 Å².